The van der Waals surface area contributed by atoms with Gasteiger partial charge in [0.25, 0.3) is 5.91 Å². The largest absolute Gasteiger partial charge is 0.504 e. The number of thiazole rings is 1. The second kappa shape index (κ2) is 7.72. The van der Waals surface area contributed by atoms with Crippen LogP contribution in [-0.4, -0.2) is 21.1 Å². The predicted octanol–water partition coefficient (Wildman–Crippen LogP) is 4.08. The lowest BCUT2D eigenvalue weighted by Gasteiger charge is -2.03. The minimum atomic E-state index is -0.601. The molecule has 0 spiro atoms. The number of hydrogen-bond donors (Lipinski definition) is 3. The Kier molecular flexibility index (Phi) is 5.20. The lowest BCUT2D eigenvalue weighted by molar-refractivity contribution is -0.112. The van der Waals surface area contributed by atoms with Gasteiger partial charge in [0, 0.05) is 10.9 Å². The highest BCUT2D eigenvalue weighted by atomic mass is 32.1. The highest BCUT2D eigenvalue weighted by molar-refractivity contribution is 7.14. The molecule has 3 rings (SSSR count). The Bertz CT molecular complexity index is 1080. The van der Waals surface area contributed by atoms with Crippen molar-refractivity contribution >= 4 is 28.5 Å². The number of anilines is 1. The van der Waals surface area contributed by atoms with E-state index in [1.165, 1.54) is 35.6 Å². The Morgan fingerprint density at radius 2 is 2.00 bits per heavy atom. The maximum atomic E-state index is 12.4. The molecule has 0 atom stereocenters. The van der Waals surface area contributed by atoms with Crippen molar-refractivity contribution in [2.75, 3.05) is 5.32 Å². The number of nitrogens with one attached hydrogen (secondary N) is 1. The molecule has 0 fully saturated rings. The topological polar surface area (TPSA) is 106 Å². The van der Waals surface area contributed by atoms with Gasteiger partial charge in [-0.15, -0.1) is 11.3 Å². The van der Waals surface area contributed by atoms with Crippen molar-refractivity contribution in [2.45, 2.75) is 6.92 Å². The van der Waals surface area contributed by atoms with Crippen LogP contribution in [0.1, 0.15) is 11.1 Å². The van der Waals surface area contributed by atoms with Crippen LogP contribution < -0.4 is 5.32 Å². The van der Waals surface area contributed by atoms with E-state index in [-0.39, 0.29) is 17.1 Å². The van der Waals surface area contributed by atoms with Gasteiger partial charge in [-0.3, -0.25) is 10.1 Å². The van der Waals surface area contributed by atoms with E-state index in [0.717, 1.165) is 16.8 Å². The molecule has 1 heterocycles. The van der Waals surface area contributed by atoms with Crippen LogP contribution in [0.15, 0.2) is 53.4 Å². The fourth-order valence-electron chi connectivity index (χ4n) is 2.43. The summed E-state index contributed by atoms with van der Waals surface area (Å²) in [6, 6.07) is 13.7. The molecule has 0 bridgehead atoms. The normalized spacial score (nSPS) is 11.0. The van der Waals surface area contributed by atoms with Crippen molar-refractivity contribution in [2.24, 2.45) is 0 Å². The van der Waals surface area contributed by atoms with Crippen molar-refractivity contribution in [3.05, 3.63) is 64.5 Å². The number of phenols is 2. The van der Waals surface area contributed by atoms with Crippen LogP contribution >= 0.6 is 11.3 Å². The van der Waals surface area contributed by atoms with Gasteiger partial charge in [-0.2, -0.15) is 5.26 Å². The monoisotopic (exact) mass is 377 g/mol. The van der Waals surface area contributed by atoms with E-state index in [4.69, 9.17) is 0 Å². The summed E-state index contributed by atoms with van der Waals surface area (Å²) < 4.78 is 0. The average Bonchev–Trinajstić information content (AvgIpc) is 3.11. The number of carbonyl (C=O) groups excluding carboxylic acids is 1. The molecule has 27 heavy (non-hydrogen) atoms. The van der Waals surface area contributed by atoms with Gasteiger partial charge in [0.15, 0.2) is 16.6 Å². The van der Waals surface area contributed by atoms with E-state index in [2.05, 4.69) is 10.3 Å². The molecular weight excluding hydrogens is 362 g/mol. The van der Waals surface area contributed by atoms with Gasteiger partial charge in [0.1, 0.15) is 11.6 Å². The minimum Gasteiger partial charge on any atom is -0.504 e. The number of carbonyl (C=O) groups is 1. The van der Waals surface area contributed by atoms with Crippen LogP contribution in [0.4, 0.5) is 5.13 Å². The number of phenolic OH excluding ortho intramolecular Hbond substituents is 2. The van der Waals surface area contributed by atoms with Crippen molar-refractivity contribution in [3.8, 4) is 28.8 Å². The molecular formula is C20H15N3O3S. The minimum absolute atomic E-state index is 0.146. The smallest absolute Gasteiger partial charge is 0.268 e. The molecule has 1 aromatic heterocycles. The number of nitrogens with zero attached hydrogens (tertiary/aromatic N) is 2. The van der Waals surface area contributed by atoms with Gasteiger partial charge in [0.2, 0.25) is 0 Å². The number of aryl methyl sites for hydroxylation is 1. The number of rotatable bonds is 4. The number of hydrogen-bond acceptors (Lipinski definition) is 6. The Hall–Kier alpha value is -3.63. The van der Waals surface area contributed by atoms with Crippen LogP contribution in [-0.2, 0) is 4.79 Å². The third-order valence-electron chi connectivity index (χ3n) is 3.82. The van der Waals surface area contributed by atoms with Gasteiger partial charge in [-0.1, -0.05) is 30.3 Å². The first kappa shape index (κ1) is 18.2. The summed E-state index contributed by atoms with van der Waals surface area (Å²) >= 11 is 1.27. The molecule has 0 saturated carbocycles. The van der Waals surface area contributed by atoms with E-state index in [1.54, 1.807) is 0 Å². The Morgan fingerprint density at radius 1 is 1.22 bits per heavy atom. The quantitative estimate of drug-likeness (QED) is 0.361. The summed E-state index contributed by atoms with van der Waals surface area (Å²) in [6.07, 6.45) is 1.32. The number of amides is 1. The molecule has 1 amide bonds. The van der Waals surface area contributed by atoms with Crippen molar-refractivity contribution in [1.82, 2.24) is 4.98 Å². The summed E-state index contributed by atoms with van der Waals surface area (Å²) in [7, 11) is 0. The average molecular weight is 377 g/mol. The third-order valence-corrected chi connectivity index (χ3v) is 4.58. The molecule has 134 valence electrons. The summed E-state index contributed by atoms with van der Waals surface area (Å²) in [5, 5.41) is 33.0. The van der Waals surface area contributed by atoms with Crippen LogP contribution in [0.3, 0.4) is 0 Å². The van der Waals surface area contributed by atoms with E-state index < -0.39 is 5.91 Å². The van der Waals surface area contributed by atoms with Crippen molar-refractivity contribution in [3.63, 3.8) is 0 Å². The Labute approximate surface area is 159 Å². The fourth-order valence-corrected chi connectivity index (χ4v) is 3.13. The molecule has 6 nitrogen and oxygen atoms in total. The van der Waals surface area contributed by atoms with E-state index in [9.17, 15) is 20.3 Å². The maximum Gasteiger partial charge on any atom is 0.268 e. The second-order valence-corrected chi connectivity index (χ2v) is 6.58. The van der Waals surface area contributed by atoms with Crippen molar-refractivity contribution in [1.29, 1.82) is 5.26 Å². The zero-order valence-electron chi connectivity index (χ0n) is 14.3. The lowest BCUT2D eigenvalue weighted by Crippen LogP contribution is -2.13. The molecule has 0 aliphatic heterocycles. The van der Waals surface area contributed by atoms with Gasteiger partial charge in [-0.05, 0) is 36.3 Å². The molecule has 0 radical (unpaired) electrons. The zero-order valence-corrected chi connectivity index (χ0v) is 15.1. The molecule has 7 heteroatoms. The summed E-state index contributed by atoms with van der Waals surface area (Å²) in [4.78, 5) is 16.8. The summed E-state index contributed by atoms with van der Waals surface area (Å²) in [5.41, 5.74) is 3.07. The van der Waals surface area contributed by atoms with E-state index in [0.29, 0.717) is 10.7 Å². The summed E-state index contributed by atoms with van der Waals surface area (Å²) in [6.45, 7) is 1.98. The first-order valence-corrected chi connectivity index (χ1v) is 8.82. The van der Waals surface area contributed by atoms with Crippen molar-refractivity contribution < 1.29 is 15.0 Å². The lowest BCUT2D eigenvalue weighted by atomic mass is 10.1. The highest BCUT2D eigenvalue weighted by Gasteiger charge is 2.13. The van der Waals surface area contributed by atoms with Gasteiger partial charge >= 0.3 is 0 Å². The van der Waals surface area contributed by atoms with Crippen LogP contribution in [0.25, 0.3) is 17.3 Å². The first-order valence-electron chi connectivity index (χ1n) is 7.94. The molecule has 0 aliphatic rings. The fraction of sp³-hybridized carbons (Fsp3) is 0.0500. The third kappa shape index (κ3) is 4.14. The predicted molar refractivity (Wildman–Crippen MR) is 104 cm³/mol. The van der Waals surface area contributed by atoms with Gasteiger partial charge < -0.3 is 10.2 Å². The number of aromatic hydroxyl groups is 2. The first-order chi connectivity index (χ1) is 13.0. The highest BCUT2D eigenvalue weighted by Crippen LogP contribution is 2.28. The van der Waals surface area contributed by atoms with E-state index in [1.807, 2.05) is 42.6 Å². The number of nitriles is 1. The zero-order chi connectivity index (χ0) is 19.4. The Balaban J connectivity index is 1.80. The SMILES string of the molecule is Cc1ccccc1-c1csc(NC(=O)/C(C#N)=C/c2ccc(O)c(O)c2)n1. The molecule has 0 unspecified atom stereocenters. The van der Waals surface area contributed by atoms with Gasteiger partial charge in [-0.25, -0.2) is 4.98 Å². The molecule has 2 aromatic carbocycles. The molecule has 0 saturated heterocycles. The molecule has 3 N–H and O–H groups in total. The van der Waals surface area contributed by atoms with E-state index >= 15 is 0 Å². The molecule has 0 aliphatic carbocycles. The second-order valence-electron chi connectivity index (χ2n) is 5.72. The summed E-state index contributed by atoms with van der Waals surface area (Å²) in [5.74, 6) is -1.21. The van der Waals surface area contributed by atoms with Crippen LogP contribution in [0.5, 0.6) is 11.5 Å². The molecule has 3 aromatic rings. The maximum absolute atomic E-state index is 12.4. The Morgan fingerprint density at radius 3 is 2.70 bits per heavy atom. The van der Waals surface area contributed by atoms with Crippen LogP contribution in [0.2, 0.25) is 0 Å². The number of aromatic nitrogens is 1. The number of benzene rings is 2. The van der Waals surface area contributed by atoms with Crippen LogP contribution in [0, 0.1) is 18.3 Å². The van der Waals surface area contributed by atoms with Gasteiger partial charge in [0.05, 0.1) is 5.69 Å². The standard InChI is InChI=1S/C20H15N3O3S/c1-12-4-2-3-5-15(12)16-11-27-20(22-16)23-19(26)14(10-21)8-13-6-7-17(24)18(25)9-13/h2-9,11,24-25H,1H3,(H,22,23,26)/b14-8+.